The lowest BCUT2D eigenvalue weighted by Crippen LogP contribution is -2.29. The largest absolute Gasteiger partial charge is 0.479 e. The average Bonchev–Trinajstić information content (AvgIpc) is 2.66. The summed E-state index contributed by atoms with van der Waals surface area (Å²) in [6.45, 7) is 3.90. The zero-order valence-electron chi connectivity index (χ0n) is 16.2. The van der Waals surface area contributed by atoms with Crippen molar-refractivity contribution in [2.75, 3.05) is 0 Å². The molecule has 2 aromatic rings. The highest BCUT2D eigenvalue weighted by Gasteiger charge is 2.20. The minimum atomic E-state index is -1.01. The van der Waals surface area contributed by atoms with E-state index in [4.69, 9.17) is 32.7 Å². The molecule has 29 heavy (non-hydrogen) atoms. The molecule has 0 spiro atoms. The van der Waals surface area contributed by atoms with Gasteiger partial charge in [-0.1, -0.05) is 53.5 Å². The van der Waals surface area contributed by atoms with Crippen LogP contribution in [0.3, 0.4) is 0 Å². The number of nitrogens with one attached hydrogen (secondary N) is 1. The van der Waals surface area contributed by atoms with Crippen molar-refractivity contribution in [3.63, 3.8) is 0 Å². The van der Waals surface area contributed by atoms with Crippen molar-refractivity contribution in [1.82, 2.24) is 5.32 Å². The van der Waals surface area contributed by atoms with Crippen LogP contribution in [-0.4, -0.2) is 29.4 Å². The van der Waals surface area contributed by atoms with Gasteiger partial charge in [0.1, 0.15) is 6.61 Å². The maximum atomic E-state index is 11.9. The third-order valence-corrected chi connectivity index (χ3v) is 4.65. The van der Waals surface area contributed by atoms with Gasteiger partial charge in [-0.05, 0) is 42.7 Å². The summed E-state index contributed by atoms with van der Waals surface area (Å²) in [4.78, 5) is 23.3. The van der Waals surface area contributed by atoms with Crippen molar-refractivity contribution in [1.29, 1.82) is 0 Å². The number of aliphatic carboxylic acids is 1. The fraction of sp³-hybridized carbons (Fsp3) is 0.333. The van der Waals surface area contributed by atoms with E-state index >= 15 is 0 Å². The topological polar surface area (TPSA) is 84.9 Å². The molecule has 0 radical (unpaired) electrons. The highest BCUT2D eigenvalue weighted by molar-refractivity contribution is 6.42. The van der Waals surface area contributed by atoms with E-state index < -0.39 is 18.2 Å². The second kappa shape index (κ2) is 11.0. The summed E-state index contributed by atoms with van der Waals surface area (Å²) in [5, 5.41) is 12.8. The molecule has 0 aliphatic carbocycles. The van der Waals surface area contributed by atoms with Crippen LogP contribution in [0.1, 0.15) is 30.5 Å². The van der Waals surface area contributed by atoms with Crippen molar-refractivity contribution in [2.45, 2.75) is 45.6 Å². The summed E-state index contributed by atoms with van der Waals surface area (Å²) in [5.74, 6) is -1.01. The number of rotatable bonds is 9. The number of carbonyl (C=O) groups is 2. The summed E-state index contributed by atoms with van der Waals surface area (Å²) in [5.41, 5.74) is 2.35. The first kappa shape index (κ1) is 23.0. The number of carboxylic acids is 1. The van der Waals surface area contributed by atoms with Crippen molar-refractivity contribution < 1.29 is 24.2 Å². The van der Waals surface area contributed by atoms with Gasteiger partial charge in [-0.15, -0.1) is 0 Å². The molecule has 0 saturated carbocycles. The third-order valence-electron chi connectivity index (χ3n) is 3.92. The Hall–Kier alpha value is -2.28. The molecule has 2 rings (SSSR count). The Morgan fingerprint density at radius 1 is 1.03 bits per heavy atom. The molecule has 0 fully saturated rings. The summed E-state index contributed by atoms with van der Waals surface area (Å²) in [6, 6.07) is 12.3. The fourth-order valence-electron chi connectivity index (χ4n) is 2.61. The molecule has 8 heteroatoms. The molecule has 0 saturated heterocycles. The predicted octanol–water partition coefficient (Wildman–Crippen LogP) is 4.84. The second-order valence-corrected chi connectivity index (χ2v) is 7.53. The maximum absolute atomic E-state index is 11.9. The average molecular weight is 440 g/mol. The molecule has 0 aliphatic heterocycles. The number of carboxylic acid groups (broad SMARTS) is 1. The number of amides is 1. The number of halogens is 2. The molecule has 6 nitrogen and oxygen atoms in total. The molecule has 1 amide bonds. The first-order chi connectivity index (χ1) is 13.7. The number of carbonyl (C=O) groups excluding carboxylic acids is 1. The van der Waals surface area contributed by atoms with Crippen LogP contribution in [0.15, 0.2) is 42.5 Å². The summed E-state index contributed by atoms with van der Waals surface area (Å²) < 4.78 is 10.6. The Kier molecular flexibility index (Phi) is 8.76. The van der Waals surface area contributed by atoms with E-state index in [9.17, 15) is 14.7 Å². The van der Waals surface area contributed by atoms with Gasteiger partial charge in [-0.2, -0.15) is 0 Å². The summed E-state index contributed by atoms with van der Waals surface area (Å²) in [7, 11) is 0. The van der Waals surface area contributed by atoms with Gasteiger partial charge in [0.15, 0.2) is 6.10 Å². The van der Waals surface area contributed by atoms with E-state index in [0.717, 1.165) is 16.7 Å². The number of hydrogen-bond acceptors (Lipinski definition) is 4. The van der Waals surface area contributed by atoms with Gasteiger partial charge in [-0.3, -0.25) is 0 Å². The molecule has 156 valence electrons. The molecule has 0 heterocycles. The minimum Gasteiger partial charge on any atom is -0.479 e. The fourth-order valence-corrected chi connectivity index (χ4v) is 2.93. The van der Waals surface area contributed by atoms with E-state index in [0.29, 0.717) is 10.0 Å². The van der Waals surface area contributed by atoms with E-state index in [1.54, 1.807) is 32.0 Å². The number of ether oxygens (including phenoxy) is 2. The first-order valence-electron chi connectivity index (χ1n) is 9.05. The van der Waals surface area contributed by atoms with Gasteiger partial charge in [0, 0.05) is 13.0 Å². The quantitative estimate of drug-likeness (QED) is 0.583. The van der Waals surface area contributed by atoms with E-state index in [-0.39, 0.29) is 25.7 Å². The SMILES string of the molecule is CC(C)OC(Cc1cccc(CNC(=O)OCc2ccc(Cl)c(Cl)c2)c1)C(=O)O. The lowest BCUT2D eigenvalue weighted by Gasteiger charge is -2.17. The Bertz CT molecular complexity index is 857. The summed E-state index contributed by atoms with van der Waals surface area (Å²) >= 11 is 11.8. The third kappa shape index (κ3) is 7.93. The van der Waals surface area contributed by atoms with Crippen LogP contribution in [0.5, 0.6) is 0 Å². The Morgan fingerprint density at radius 3 is 2.41 bits per heavy atom. The van der Waals surface area contributed by atoms with Crippen LogP contribution in [0.2, 0.25) is 10.0 Å². The molecule has 2 aromatic carbocycles. The Morgan fingerprint density at radius 2 is 1.76 bits per heavy atom. The maximum Gasteiger partial charge on any atom is 0.407 e. The van der Waals surface area contributed by atoms with Gasteiger partial charge < -0.3 is 19.9 Å². The minimum absolute atomic E-state index is 0.0651. The van der Waals surface area contributed by atoms with Crippen LogP contribution in [0.25, 0.3) is 0 Å². The predicted molar refractivity (Wildman–Crippen MR) is 111 cm³/mol. The second-order valence-electron chi connectivity index (χ2n) is 6.71. The molecule has 0 bridgehead atoms. The van der Waals surface area contributed by atoms with Gasteiger partial charge in [0.25, 0.3) is 0 Å². The van der Waals surface area contributed by atoms with Crippen LogP contribution in [0, 0.1) is 0 Å². The number of benzene rings is 2. The van der Waals surface area contributed by atoms with E-state index in [1.807, 2.05) is 24.3 Å². The van der Waals surface area contributed by atoms with Gasteiger partial charge in [0.2, 0.25) is 0 Å². The van der Waals surface area contributed by atoms with Crippen LogP contribution < -0.4 is 5.32 Å². The van der Waals surface area contributed by atoms with Gasteiger partial charge in [0.05, 0.1) is 16.1 Å². The first-order valence-corrected chi connectivity index (χ1v) is 9.81. The van der Waals surface area contributed by atoms with Crippen LogP contribution in [-0.2, 0) is 33.8 Å². The zero-order valence-corrected chi connectivity index (χ0v) is 17.7. The lowest BCUT2D eigenvalue weighted by atomic mass is 10.0. The molecule has 0 aromatic heterocycles. The molecule has 0 aliphatic rings. The van der Waals surface area contributed by atoms with Crippen LogP contribution in [0.4, 0.5) is 4.79 Å². The highest BCUT2D eigenvalue weighted by atomic mass is 35.5. The van der Waals surface area contributed by atoms with Crippen molar-refractivity contribution in [3.8, 4) is 0 Å². The zero-order chi connectivity index (χ0) is 21.4. The molecular formula is C21H23Cl2NO5. The van der Waals surface area contributed by atoms with E-state index in [2.05, 4.69) is 5.32 Å². The monoisotopic (exact) mass is 439 g/mol. The molecule has 1 unspecified atom stereocenters. The molecular weight excluding hydrogens is 417 g/mol. The highest BCUT2D eigenvalue weighted by Crippen LogP contribution is 2.22. The van der Waals surface area contributed by atoms with Crippen LogP contribution >= 0.6 is 23.2 Å². The lowest BCUT2D eigenvalue weighted by molar-refractivity contribution is -0.153. The Balaban J connectivity index is 1.86. The molecule has 2 N–H and O–H groups in total. The normalized spacial score (nSPS) is 11.9. The number of hydrogen-bond donors (Lipinski definition) is 2. The Labute approximate surface area is 179 Å². The van der Waals surface area contributed by atoms with E-state index in [1.165, 1.54) is 0 Å². The van der Waals surface area contributed by atoms with Crippen molar-refractivity contribution in [3.05, 3.63) is 69.2 Å². The van der Waals surface area contributed by atoms with Gasteiger partial charge >= 0.3 is 12.1 Å². The summed E-state index contributed by atoms with van der Waals surface area (Å²) in [6.07, 6.45) is -1.45. The number of alkyl carbamates (subject to hydrolysis) is 1. The van der Waals surface area contributed by atoms with Gasteiger partial charge in [-0.25, -0.2) is 9.59 Å². The van der Waals surface area contributed by atoms with Crippen molar-refractivity contribution in [2.24, 2.45) is 0 Å². The molecule has 1 atom stereocenters. The standard InChI is InChI=1S/C21H23Cl2NO5/c1-13(2)29-19(20(25)26)10-14-4-3-5-15(8-14)11-24-21(27)28-12-16-6-7-17(22)18(23)9-16/h3-9,13,19H,10-12H2,1-2H3,(H,24,27)(H,25,26). The van der Waals surface area contributed by atoms with Crippen molar-refractivity contribution >= 4 is 35.3 Å². The smallest absolute Gasteiger partial charge is 0.407 e.